The largest absolute Gasteiger partial charge is 0.511 e. The maximum absolute atomic E-state index is 9.59. The first-order chi connectivity index (χ1) is 6.94. The van der Waals surface area contributed by atoms with Gasteiger partial charge >= 0.3 is 0 Å². The molecule has 15 heavy (non-hydrogen) atoms. The van der Waals surface area contributed by atoms with Gasteiger partial charge in [-0.2, -0.15) is 0 Å². The normalized spacial score (nSPS) is 17.3. The maximum Gasteiger partial charge on any atom is 0.212 e. The number of hydrogen-bond donors (Lipinski definition) is 5. The van der Waals surface area contributed by atoms with Crippen LogP contribution >= 0.6 is 0 Å². The average molecular weight is 216 g/mol. The Balaban J connectivity index is 4.21. The molecule has 7 N–H and O–H groups in total. The van der Waals surface area contributed by atoms with E-state index in [-0.39, 0.29) is 11.7 Å². The summed E-state index contributed by atoms with van der Waals surface area (Å²) in [6.07, 6.45) is 2.83. The summed E-state index contributed by atoms with van der Waals surface area (Å²) < 4.78 is 0. The lowest BCUT2D eigenvalue weighted by atomic mass is 9.96. The Kier molecular flexibility index (Phi) is 5.73. The number of allylic oxidation sites excluding steroid dienone is 1. The van der Waals surface area contributed by atoms with Crippen molar-refractivity contribution in [1.29, 1.82) is 0 Å². The van der Waals surface area contributed by atoms with Crippen LogP contribution in [-0.4, -0.2) is 28.4 Å². The van der Waals surface area contributed by atoms with Crippen LogP contribution in [0.3, 0.4) is 0 Å². The highest BCUT2D eigenvalue weighted by Crippen LogP contribution is 2.15. The first-order valence-electron chi connectivity index (χ1n) is 4.82. The van der Waals surface area contributed by atoms with E-state index in [1.165, 1.54) is 0 Å². The Morgan fingerprint density at radius 1 is 1.60 bits per heavy atom. The number of nitrogens with one attached hydrogen (secondary N) is 1. The van der Waals surface area contributed by atoms with E-state index in [1.807, 2.05) is 6.92 Å². The van der Waals surface area contributed by atoms with E-state index >= 15 is 0 Å². The van der Waals surface area contributed by atoms with Gasteiger partial charge in [0.05, 0.1) is 5.54 Å². The second-order valence-corrected chi connectivity index (χ2v) is 3.54. The van der Waals surface area contributed by atoms with Gasteiger partial charge in [-0.1, -0.05) is 6.92 Å². The molecule has 0 aliphatic heterocycles. The Bertz CT molecular complexity index is 248. The SMILES string of the molecule is CC/C=C(/O)C(C)(N)CCN=C(N)NO. The fraction of sp³-hybridized carbons (Fsp3) is 0.667. The third kappa shape index (κ3) is 5.24. The molecule has 0 amide bonds. The van der Waals surface area contributed by atoms with Crippen molar-refractivity contribution in [3.63, 3.8) is 0 Å². The molecular weight excluding hydrogens is 196 g/mol. The molecule has 0 aliphatic carbocycles. The lowest BCUT2D eigenvalue weighted by molar-refractivity contribution is 0.232. The van der Waals surface area contributed by atoms with Crippen LogP contribution in [-0.2, 0) is 0 Å². The molecule has 6 nitrogen and oxygen atoms in total. The van der Waals surface area contributed by atoms with Crippen LogP contribution in [0.15, 0.2) is 16.8 Å². The number of aliphatic imine (C=N–C) groups is 1. The first-order valence-corrected chi connectivity index (χ1v) is 4.82. The zero-order valence-corrected chi connectivity index (χ0v) is 9.20. The molecule has 0 saturated carbocycles. The molecule has 0 spiro atoms. The Hall–Kier alpha value is -1.27. The maximum atomic E-state index is 9.59. The van der Waals surface area contributed by atoms with E-state index in [4.69, 9.17) is 16.7 Å². The topological polar surface area (TPSA) is 117 Å². The quantitative estimate of drug-likeness (QED) is 0.195. The van der Waals surface area contributed by atoms with Gasteiger partial charge in [-0.05, 0) is 25.8 Å². The predicted molar refractivity (Wildman–Crippen MR) is 59.6 cm³/mol. The molecule has 0 aromatic rings. The molecule has 0 rings (SSSR count). The molecule has 1 unspecified atom stereocenters. The highest BCUT2D eigenvalue weighted by Gasteiger charge is 2.22. The Labute approximate surface area is 89.6 Å². The summed E-state index contributed by atoms with van der Waals surface area (Å²) in [6, 6.07) is 0. The highest BCUT2D eigenvalue weighted by atomic mass is 16.5. The first kappa shape index (κ1) is 13.7. The van der Waals surface area contributed by atoms with Gasteiger partial charge in [-0.15, -0.1) is 0 Å². The standard InChI is InChI=1S/C9H20N4O2/c1-3-4-7(14)9(2,11)5-6-12-8(10)13-15/h4,14-15H,3,5-6,11H2,1-2H3,(H3,10,12,13)/b7-4+. The number of nitrogens with two attached hydrogens (primary N) is 2. The Morgan fingerprint density at radius 2 is 2.20 bits per heavy atom. The van der Waals surface area contributed by atoms with Gasteiger partial charge in [-0.3, -0.25) is 10.2 Å². The van der Waals surface area contributed by atoms with Gasteiger partial charge in [0.2, 0.25) is 5.96 Å². The lowest BCUT2D eigenvalue weighted by Gasteiger charge is -2.23. The van der Waals surface area contributed by atoms with E-state index in [9.17, 15) is 5.11 Å². The molecule has 0 heterocycles. The van der Waals surface area contributed by atoms with E-state index in [2.05, 4.69) is 4.99 Å². The third-order valence-electron chi connectivity index (χ3n) is 2.01. The van der Waals surface area contributed by atoms with Gasteiger partial charge in [0.15, 0.2) is 0 Å². The van der Waals surface area contributed by atoms with Crippen molar-refractivity contribution < 1.29 is 10.3 Å². The zero-order valence-electron chi connectivity index (χ0n) is 9.20. The van der Waals surface area contributed by atoms with Crippen molar-refractivity contribution in [3.8, 4) is 0 Å². The molecule has 0 radical (unpaired) electrons. The van der Waals surface area contributed by atoms with Crippen LogP contribution in [0.25, 0.3) is 0 Å². The second-order valence-electron chi connectivity index (χ2n) is 3.54. The summed E-state index contributed by atoms with van der Waals surface area (Å²) in [7, 11) is 0. The van der Waals surface area contributed by atoms with Crippen molar-refractivity contribution in [3.05, 3.63) is 11.8 Å². The third-order valence-corrected chi connectivity index (χ3v) is 2.01. The van der Waals surface area contributed by atoms with Crippen LogP contribution in [0.5, 0.6) is 0 Å². The second kappa shape index (κ2) is 6.26. The van der Waals surface area contributed by atoms with Crippen molar-refractivity contribution in [2.75, 3.05) is 6.54 Å². The number of guanidine groups is 1. The highest BCUT2D eigenvalue weighted by molar-refractivity contribution is 5.76. The minimum absolute atomic E-state index is 0.0650. The molecule has 0 aromatic carbocycles. The molecule has 0 bridgehead atoms. The van der Waals surface area contributed by atoms with Crippen molar-refractivity contribution in [1.82, 2.24) is 5.48 Å². The van der Waals surface area contributed by atoms with Crippen molar-refractivity contribution in [2.45, 2.75) is 32.2 Å². The number of aliphatic hydroxyl groups is 1. The van der Waals surface area contributed by atoms with E-state index in [1.54, 1.807) is 18.5 Å². The van der Waals surface area contributed by atoms with Crippen LogP contribution in [0, 0.1) is 0 Å². The molecule has 88 valence electrons. The molecule has 6 heteroatoms. The molecule has 0 fully saturated rings. The number of nitrogens with zero attached hydrogens (tertiary/aromatic N) is 1. The van der Waals surface area contributed by atoms with Crippen LogP contribution in [0.1, 0.15) is 26.7 Å². The van der Waals surface area contributed by atoms with E-state index in [0.717, 1.165) is 6.42 Å². The number of rotatable bonds is 5. The smallest absolute Gasteiger partial charge is 0.212 e. The van der Waals surface area contributed by atoms with Gasteiger partial charge in [0.25, 0.3) is 0 Å². The predicted octanol–water partition coefficient (Wildman–Crippen LogP) is 0.239. The summed E-state index contributed by atoms with van der Waals surface area (Å²) in [6.45, 7) is 3.96. The minimum Gasteiger partial charge on any atom is -0.511 e. The van der Waals surface area contributed by atoms with E-state index in [0.29, 0.717) is 13.0 Å². The molecule has 0 aromatic heterocycles. The minimum atomic E-state index is -0.810. The van der Waals surface area contributed by atoms with Gasteiger partial charge in [0, 0.05) is 6.54 Å². The summed E-state index contributed by atoms with van der Waals surface area (Å²) in [5.74, 6) is 0.0838. The summed E-state index contributed by atoms with van der Waals surface area (Å²) in [5, 5.41) is 18.0. The van der Waals surface area contributed by atoms with Crippen LogP contribution in [0.4, 0.5) is 0 Å². The fourth-order valence-electron chi connectivity index (χ4n) is 0.999. The zero-order chi connectivity index (χ0) is 11.9. The summed E-state index contributed by atoms with van der Waals surface area (Å²) in [5.41, 5.74) is 12.0. The Morgan fingerprint density at radius 3 is 2.67 bits per heavy atom. The number of hydrogen-bond acceptors (Lipinski definition) is 4. The van der Waals surface area contributed by atoms with Gasteiger partial charge in [-0.25, -0.2) is 5.48 Å². The number of aliphatic hydroxyl groups excluding tert-OH is 1. The van der Waals surface area contributed by atoms with Gasteiger partial charge in [0.1, 0.15) is 5.76 Å². The van der Waals surface area contributed by atoms with Crippen LogP contribution in [0.2, 0.25) is 0 Å². The molecule has 0 saturated heterocycles. The number of hydroxylamine groups is 1. The van der Waals surface area contributed by atoms with Crippen LogP contribution < -0.4 is 16.9 Å². The summed E-state index contributed by atoms with van der Waals surface area (Å²) in [4.78, 5) is 3.79. The summed E-state index contributed by atoms with van der Waals surface area (Å²) >= 11 is 0. The molecule has 0 aliphatic rings. The average Bonchev–Trinajstić information content (AvgIpc) is 2.17. The van der Waals surface area contributed by atoms with Crippen molar-refractivity contribution in [2.24, 2.45) is 16.5 Å². The van der Waals surface area contributed by atoms with Crippen molar-refractivity contribution >= 4 is 5.96 Å². The monoisotopic (exact) mass is 216 g/mol. The molecule has 1 atom stereocenters. The molecular formula is C9H20N4O2. The van der Waals surface area contributed by atoms with E-state index < -0.39 is 5.54 Å². The van der Waals surface area contributed by atoms with Gasteiger partial charge < -0.3 is 16.6 Å². The fourth-order valence-corrected chi connectivity index (χ4v) is 0.999. The lowest BCUT2D eigenvalue weighted by Crippen LogP contribution is -2.39.